The maximum absolute atomic E-state index is 13.9. The lowest BCUT2D eigenvalue weighted by atomic mass is 9.93. The highest BCUT2D eigenvalue weighted by atomic mass is 19.1. The second-order valence-corrected chi connectivity index (χ2v) is 4.19. The van der Waals surface area contributed by atoms with Crippen molar-refractivity contribution in [2.24, 2.45) is 0 Å². The van der Waals surface area contributed by atoms with Gasteiger partial charge in [-0.1, -0.05) is 19.9 Å². The molecular weight excluding hydrogens is 217 g/mol. The van der Waals surface area contributed by atoms with Crippen LogP contribution in [0.2, 0.25) is 0 Å². The first-order valence-electron chi connectivity index (χ1n) is 5.80. The Bertz CT molecular complexity index is 539. The molecule has 0 fully saturated rings. The van der Waals surface area contributed by atoms with Crippen LogP contribution in [0.4, 0.5) is 4.39 Å². The minimum absolute atomic E-state index is 0.281. The van der Waals surface area contributed by atoms with Gasteiger partial charge in [0, 0.05) is 6.20 Å². The van der Waals surface area contributed by atoms with Gasteiger partial charge in [-0.3, -0.25) is 0 Å². The molecule has 0 aliphatic rings. The van der Waals surface area contributed by atoms with Crippen LogP contribution in [0.15, 0.2) is 24.4 Å². The van der Waals surface area contributed by atoms with Gasteiger partial charge in [0.2, 0.25) is 5.88 Å². The first-order chi connectivity index (χ1) is 8.19. The molecule has 0 amide bonds. The zero-order valence-electron chi connectivity index (χ0n) is 10.3. The molecule has 0 aliphatic carbocycles. The van der Waals surface area contributed by atoms with Crippen molar-refractivity contribution in [3.63, 3.8) is 0 Å². The zero-order valence-corrected chi connectivity index (χ0v) is 10.3. The van der Waals surface area contributed by atoms with E-state index in [4.69, 9.17) is 4.74 Å². The van der Waals surface area contributed by atoms with E-state index in [1.165, 1.54) is 13.2 Å². The average Bonchev–Trinajstić information content (AvgIpc) is 2.37. The molecule has 90 valence electrons. The molecule has 2 nitrogen and oxygen atoms in total. The maximum Gasteiger partial charge on any atom is 0.224 e. The van der Waals surface area contributed by atoms with E-state index in [-0.39, 0.29) is 5.82 Å². The molecule has 0 bridgehead atoms. The maximum atomic E-state index is 13.9. The van der Waals surface area contributed by atoms with E-state index in [0.717, 1.165) is 17.4 Å². The SMILES string of the molecule is CCC(C)c1ccc(F)c2c(OC)nccc12. The van der Waals surface area contributed by atoms with Gasteiger partial charge in [0.25, 0.3) is 0 Å². The second-order valence-electron chi connectivity index (χ2n) is 4.19. The van der Waals surface area contributed by atoms with Crippen LogP contribution in [-0.2, 0) is 0 Å². The summed E-state index contributed by atoms with van der Waals surface area (Å²) in [5, 5.41) is 1.37. The van der Waals surface area contributed by atoms with Crippen molar-refractivity contribution in [1.29, 1.82) is 0 Å². The van der Waals surface area contributed by atoms with Gasteiger partial charge in [0.05, 0.1) is 12.5 Å². The van der Waals surface area contributed by atoms with Gasteiger partial charge in [-0.25, -0.2) is 9.37 Å². The Hall–Kier alpha value is -1.64. The van der Waals surface area contributed by atoms with Crippen molar-refractivity contribution in [1.82, 2.24) is 4.98 Å². The van der Waals surface area contributed by atoms with E-state index in [1.807, 2.05) is 12.1 Å². The monoisotopic (exact) mass is 233 g/mol. The number of methoxy groups -OCH3 is 1. The smallest absolute Gasteiger partial charge is 0.224 e. The molecule has 2 aromatic rings. The van der Waals surface area contributed by atoms with Gasteiger partial charge in [-0.2, -0.15) is 0 Å². The highest BCUT2D eigenvalue weighted by Crippen LogP contribution is 2.33. The predicted molar refractivity (Wildman–Crippen MR) is 67.0 cm³/mol. The number of hydrogen-bond donors (Lipinski definition) is 0. The fourth-order valence-corrected chi connectivity index (χ4v) is 2.05. The highest BCUT2D eigenvalue weighted by molar-refractivity contribution is 5.90. The Morgan fingerprint density at radius 3 is 2.76 bits per heavy atom. The van der Waals surface area contributed by atoms with Crippen molar-refractivity contribution >= 4 is 10.8 Å². The van der Waals surface area contributed by atoms with Crippen LogP contribution in [0.25, 0.3) is 10.8 Å². The number of hydrogen-bond acceptors (Lipinski definition) is 2. The topological polar surface area (TPSA) is 22.1 Å². The average molecular weight is 233 g/mol. The van der Waals surface area contributed by atoms with Gasteiger partial charge in [0.15, 0.2) is 0 Å². The molecule has 2 rings (SSSR count). The van der Waals surface area contributed by atoms with Crippen molar-refractivity contribution in [3.8, 4) is 5.88 Å². The molecule has 1 unspecified atom stereocenters. The molecule has 3 heteroatoms. The van der Waals surface area contributed by atoms with Crippen LogP contribution in [0.5, 0.6) is 5.88 Å². The standard InChI is InChI=1S/C14H16FNO/c1-4-9(2)10-5-6-12(15)13-11(10)7-8-16-14(13)17-3/h5-9H,4H2,1-3H3. The number of rotatable bonds is 3. The number of nitrogens with zero attached hydrogens (tertiary/aromatic N) is 1. The Morgan fingerprint density at radius 2 is 2.12 bits per heavy atom. The van der Waals surface area contributed by atoms with E-state index in [1.54, 1.807) is 6.20 Å². The van der Waals surface area contributed by atoms with Gasteiger partial charge in [-0.05, 0) is 35.4 Å². The number of ether oxygens (including phenoxy) is 1. The van der Waals surface area contributed by atoms with E-state index < -0.39 is 0 Å². The highest BCUT2D eigenvalue weighted by Gasteiger charge is 2.14. The molecule has 0 saturated heterocycles. The summed E-state index contributed by atoms with van der Waals surface area (Å²) in [6, 6.07) is 5.20. The Morgan fingerprint density at radius 1 is 1.35 bits per heavy atom. The van der Waals surface area contributed by atoms with E-state index in [9.17, 15) is 4.39 Å². The van der Waals surface area contributed by atoms with E-state index in [2.05, 4.69) is 18.8 Å². The summed E-state index contributed by atoms with van der Waals surface area (Å²) in [6.07, 6.45) is 2.68. The van der Waals surface area contributed by atoms with Crippen LogP contribution in [0, 0.1) is 5.82 Å². The molecule has 17 heavy (non-hydrogen) atoms. The minimum atomic E-state index is -0.281. The molecule has 1 atom stereocenters. The summed E-state index contributed by atoms with van der Waals surface area (Å²) in [4.78, 5) is 4.05. The van der Waals surface area contributed by atoms with E-state index in [0.29, 0.717) is 17.2 Å². The summed E-state index contributed by atoms with van der Waals surface area (Å²) in [7, 11) is 1.51. The molecule has 1 aromatic carbocycles. The zero-order chi connectivity index (χ0) is 12.4. The third kappa shape index (κ3) is 1.97. The molecule has 0 spiro atoms. The van der Waals surface area contributed by atoms with Crippen LogP contribution in [0.3, 0.4) is 0 Å². The van der Waals surface area contributed by atoms with Gasteiger partial charge in [-0.15, -0.1) is 0 Å². The normalized spacial score (nSPS) is 12.7. The number of fused-ring (bicyclic) bond motifs is 1. The molecular formula is C14H16FNO. The predicted octanol–water partition coefficient (Wildman–Crippen LogP) is 3.90. The first-order valence-corrected chi connectivity index (χ1v) is 5.80. The molecule has 0 N–H and O–H groups in total. The van der Waals surface area contributed by atoms with Crippen LogP contribution >= 0.6 is 0 Å². The van der Waals surface area contributed by atoms with Crippen LogP contribution in [0.1, 0.15) is 31.7 Å². The third-order valence-electron chi connectivity index (χ3n) is 3.21. The summed E-state index contributed by atoms with van der Waals surface area (Å²) in [5.74, 6) is 0.465. The quantitative estimate of drug-likeness (QED) is 0.802. The molecule has 0 saturated carbocycles. The Kier molecular flexibility index (Phi) is 3.27. The van der Waals surface area contributed by atoms with Crippen LogP contribution in [-0.4, -0.2) is 12.1 Å². The lowest BCUT2D eigenvalue weighted by Gasteiger charge is -2.14. The van der Waals surface area contributed by atoms with Crippen molar-refractivity contribution in [2.75, 3.05) is 7.11 Å². The molecule has 1 aromatic heterocycles. The molecule has 0 aliphatic heterocycles. The van der Waals surface area contributed by atoms with Crippen molar-refractivity contribution in [2.45, 2.75) is 26.2 Å². The number of benzene rings is 1. The van der Waals surface area contributed by atoms with Crippen molar-refractivity contribution < 1.29 is 9.13 Å². The second kappa shape index (κ2) is 4.70. The minimum Gasteiger partial charge on any atom is -0.480 e. The summed E-state index contributed by atoms with van der Waals surface area (Å²) in [6.45, 7) is 4.26. The van der Waals surface area contributed by atoms with E-state index >= 15 is 0 Å². The largest absolute Gasteiger partial charge is 0.480 e. The van der Waals surface area contributed by atoms with Gasteiger partial charge in [0.1, 0.15) is 5.82 Å². The summed E-state index contributed by atoms with van der Waals surface area (Å²) < 4.78 is 19.0. The summed E-state index contributed by atoms with van der Waals surface area (Å²) >= 11 is 0. The van der Waals surface area contributed by atoms with Gasteiger partial charge < -0.3 is 4.74 Å². The lowest BCUT2D eigenvalue weighted by Crippen LogP contribution is -1.97. The fraction of sp³-hybridized carbons (Fsp3) is 0.357. The van der Waals surface area contributed by atoms with Crippen LogP contribution < -0.4 is 4.74 Å². The Labute approximate surface area is 100 Å². The third-order valence-corrected chi connectivity index (χ3v) is 3.21. The first kappa shape index (κ1) is 11.8. The van der Waals surface area contributed by atoms with Crippen molar-refractivity contribution in [3.05, 3.63) is 35.8 Å². The molecule has 0 radical (unpaired) electrons. The number of aromatic nitrogens is 1. The molecule has 1 heterocycles. The number of halogens is 1. The Balaban J connectivity index is 2.78. The lowest BCUT2D eigenvalue weighted by molar-refractivity contribution is 0.401. The number of pyridine rings is 1. The fourth-order valence-electron chi connectivity index (χ4n) is 2.05. The van der Waals surface area contributed by atoms with Gasteiger partial charge >= 0.3 is 0 Å². The summed E-state index contributed by atoms with van der Waals surface area (Å²) in [5.41, 5.74) is 1.14.